The van der Waals surface area contributed by atoms with Gasteiger partial charge in [-0.2, -0.15) is 0 Å². The molecule has 0 saturated heterocycles. The van der Waals surface area contributed by atoms with Crippen molar-refractivity contribution < 1.29 is 9.53 Å². The largest absolute Gasteiger partial charge is 0.462 e. The summed E-state index contributed by atoms with van der Waals surface area (Å²) in [6, 6.07) is 15.7. The third-order valence-corrected chi connectivity index (χ3v) is 4.90. The number of aromatic nitrogens is 1. The topological polar surface area (TPSA) is 63.2 Å². The SMILES string of the molecule is CCOC(=O)c1cc(Cc2ccccc2)sc1NC(=S)Nc1cccnc1. The summed E-state index contributed by atoms with van der Waals surface area (Å²) in [6.07, 6.45) is 4.10. The molecule has 0 unspecified atom stereocenters. The Labute approximate surface area is 167 Å². The summed E-state index contributed by atoms with van der Waals surface area (Å²) < 4.78 is 5.19. The van der Waals surface area contributed by atoms with Crippen LogP contribution in [-0.2, 0) is 11.2 Å². The number of anilines is 2. The molecular weight excluding hydrogens is 378 g/mol. The first-order valence-corrected chi connectivity index (χ1v) is 9.70. The van der Waals surface area contributed by atoms with Gasteiger partial charge in [-0.15, -0.1) is 11.3 Å². The van der Waals surface area contributed by atoms with Crippen molar-refractivity contribution in [2.24, 2.45) is 0 Å². The molecule has 0 bridgehead atoms. The highest BCUT2D eigenvalue weighted by Gasteiger charge is 2.18. The maximum absolute atomic E-state index is 12.3. The second-order valence-corrected chi connectivity index (χ2v) is 7.20. The molecule has 7 heteroatoms. The fraction of sp³-hybridized carbons (Fsp3) is 0.150. The van der Waals surface area contributed by atoms with Crippen LogP contribution in [0.2, 0.25) is 0 Å². The van der Waals surface area contributed by atoms with Crippen molar-refractivity contribution in [1.29, 1.82) is 0 Å². The van der Waals surface area contributed by atoms with Gasteiger partial charge in [-0.05, 0) is 42.9 Å². The minimum absolute atomic E-state index is 0.320. The number of ether oxygens (including phenoxy) is 1. The Morgan fingerprint density at radius 3 is 2.70 bits per heavy atom. The summed E-state index contributed by atoms with van der Waals surface area (Å²) in [4.78, 5) is 17.4. The molecule has 0 saturated carbocycles. The number of nitrogens with one attached hydrogen (secondary N) is 2. The van der Waals surface area contributed by atoms with Gasteiger partial charge in [-0.25, -0.2) is 4.79 Å². The zero-order valence-corrected chi connectivity index (χ0v) is 16.4. The first kappa shape index (κ1) is 19.0. The molecule has 3 rings (SSSR count). The van der Waals surface area contributed by atoms with E-state index in [1.54, 1.807) is 19.3 Å². The summed E-state index contributed by atoms with van der Waals surface area (Å²) in [7, 11) is 0. The monoisotopic (exact) mass is 397 g/mol. The van der Waals surface area contributed by atoms with E-state index in [0.717, 1.165) is 17.0 Å². The zero-order chi connectivity index (χ0) is 19.1. The van der Waals surface area contributed by atoms with Gasteiger partial charge in [0.25, 0.3) is 0 Å². The van der Waals surface area contributed by atoms with Crippen molar-refractivity contribution >= 4 is 45.3 Å². The molecule has 2 N–H and O–H groups in total. The number of thiocarbonyl (C=S) groups is 1. The first-order chi connectivity index (χ1) is 13.2. The van der Waals surface area contributed by atoms with Crippen molar-refractivity contribution in [2.45, 2.75) is 13.3 Å². The van der Waals surface area contributed by atoms with Crippen molar-refractivity contribution in [3.8, 4) is 0 Å². The third-order valence-electron chi connectivity index (χ3n) is 3.65. The van der Waals surface area contributed by atoms with Crippen LogP contribution in [0.4, 0.5) is 10.7 Å². The van der Waals surface area contributed by atoms with Gasteiger partial charge >= 0.3 is 5.97 Å². The molecule has 0 fully saturated rings. The van der Waals surface area contributed by atoms with Crippen molar-refractivity contribution in [3.63, 3.8) is 0 Å². The number of hydrogen-bond donors (Lipinski definition) is 2. The van der Waals surface area contributed by atoms with E-state index in [1.807, 2.05) is 36.4 Å². The van der Waals surface area contributed by atoms with Crippen LogP contribution in [0, 0.1) is 0 Å². The summed E-state index contributed by atoms with van der Waals surface area (Å²) >= 11 is 6.86. The predicted molar refractivity (Wildman–Crippen MR) is 114 cm³/mol. The minimum Gasteiger partial charge on any atom is -0.462 e. The van der Waals surface area contributed by atoms with E-state index < -0.39 is 0 Å². The molecule has 2 heterocycles. The lowest BCUT2D eigenvalue weighted by atomic mass is 10.1. The molecule has 0 aliphatic carbocycles. The molecule has 0 radical (unpaired) electrons. The Hall–Kier alpha value is -2.77. The van der Waals surface area contributed by atoms with Crippen LogP contribution in [0.1, 0.15) is 27.7 Å². The molecule has 0 spiro atoms. The van der Waals surface area contributed by atoms with E-state index in [9.17, 15) is 4.79 Å². The lowest BCUT2D eigenvalue weighted by Crippen LogP contribution is -2.20. The van der Waals surface area contributed by atoms with Gasteiger partial charge < -0.3 is 15.4 Å². The number of thiophene rings is 1. The highest BCUT2D eigenvalue weighted by atomic mass is 32.1. The maximum Gasteiger partial charge on any atom is 0.341 e. The average Bonchev–Trinajstić information content (AvgIpc) is 3.05. The van der Waals surface area contributed by atoms with Gasteiger partial charge in [0.15, 0.2) is 5.11 Å². The van der Waals surface area contributed by atoms with E-state index in [0.29, 0.717) is 22.3 Å². The zero-order valence-electron chi connectivity index (χ0n) is 14.8. The van der Waals surface area contributed by atoms with E-state index in [4.69, 9.17) is 17.0 Å². The van der Waals surface area contributed by atoms with Gasteiger partial charge in [0.2, 0.25) is 0 Å². The lowest BCUT2D eigenvalue weighted by Gasteiger charge is -2.10. The van der Waals surface area contributed by atoms with Gasteiger partial charge in [0.05, 0.1) is 24.1 Å². The molecule has 0 amide bonds. The second kappa shape index (κ2) is 9.25. The van der Waals surface area contributed by atoms with Crippen LogP contribution in [0.5, 0.6) is 0 Å². The Kier molecular flexibility index (Phi) is 6.51. The number of pyridine rings is 1. The first-order valence-electron chi connectivity index (χ1n) is 8.47. The Morgan fingerprint density at radius 1 is 1.19 bits per heavy atom. The quantitative estimate of drug-likeness (QED) is 0.464. The van der Waals surface area contributed by atoms with Crippen LogP contribution < -0.4 is 10.6 Å². The van der Waals surface area contributed by atoms with Crippen molar-refractivity contribution in [2.75, 3.05) is 17.2 Å². The molecule has 5 nitrogen and oxygen atoms in total. The molecule has 1 aromatic carbocycles. The average molecular weight is 398 g/mol. The van der Waals surface area contributed by atoms with E-state index in [1.165, 1.54) is 16.9 Å². The van der Waals surface area contributed by atoms with Crippen LogP contribution in [0.3, 0.4) is 0 Å². The Balaban J connectivity index is 1.79. The number of nitrogens with zero attached hydrogens (tertiary/aromatic N) is 1. The summed E-state index contributed by atoms with van der Waals surface area (Å²) in [5.41, 5.74) is 2.44. The molecule has 3 aromatic rings. The predicted octanol–water partition coefficient (Wildman–Crippen LogP) is 4.72. The number of hydrogen-bond acceptors (Lipinski definition) is 5. The normalized spacial score (nSPS) is 10.3. The molecular formula is C20H19N3O2S2. The van der Waals surface area contributed by atoms with Crippen LogP contribution in [-0.4, -0.2) is 22.7 Å². The fourth-order valence-corrected chi connectivity index (χ4v) is 3.85. The van der Waals surface area contributed by atoms with Crippen molar-refractivity contribution in [3.05, 3.63) is 76.9 Å². The highest BCUT2D eigenvalue weighted by Crippen LogP contribution is 2.31. The number of carbonyl (C=O) groups excluding carboxylic acids is 1. The molecule has 0 aliphatic rings. The van der Waals surface area contributed by atoms with Crippen LogP contribution in [0.15, 0.2) is 60.9 Å². The molecule has 27 heavy (non-hydrogen) atoms. The van der Waals surface area contributed by atoms with Crippen molar-refractivity contribution in [1.82, 2.24) is 4.98 Å². The van der Waals surface area contributed by atoms with Crippen LogP contribution >= 0.6 is 23.6 Å². The second-order valence-electron chi connectivity index (χ2n) is 5.66. The molecule has 0 atom stereocenters. The third kappa shape index (κ3) is 5.35. The Bertz CT molecular complexity index is 911. The lowest BCUT2D eigenvalue weighted by molar-refractivity contribution is 0.0528. The fourth-order valence-electron chi connectivity index (χ4n) is 2.48. The minimum atomic E-state index is -0.361. The smallest absolute Gasteiger partial charge is 0.341 e. The summed E-state index contributed by atoms with van der Waals surface area (Å²) in [5, 5.41) is 7.23. The van der Waals surface area contributed by atoms with Gasteiger partial charge in [-0.1, -0.05) is 30.3 Å². The number of esters is 1. The van der Waals surface area contributed by atoms with Crippen LogP contribution in [0.25, 0.3) is 0 Å². The number of benzene rings is 1. The Morgan fingerprint density at radius 2 is 2.00 bits per heavy atom. The maximum atomic E-state index is 12.3. The number of carbonyl (C=O) groups is 1. The van der Waals surface area contributed by atoms with E-state index in [2.05, 4.69) is 27.8 Å². The highest BCUT2D eigenvalue weighted by molar-refractivity contribution is 7.80. The molecule has 2 aromatic heterocycles. The van der Waals surface area contributed by atoms with Gasteiger partial charge in [0.1, 0.15) is 5.00 Å². The number of rotatable bonds is 6. The van der Waals surface area contributed by atoms with E-state index >= 15 is 0 Å². The molecule has 138 valence electrons. The standard InChI is InChI=1S/C20H19N3O2S2/c1-2-25-19(24)17-12-16(11-14-7-4-3-5-8-14)27-18(17)23-20(26)22-15-9-6-10-21-13-15/h3-10,12-13H,2,11H2,1H3,(H2,22,23,26). The van der Waals surface area contributed by atoms with E-state index in [-0.39, 0.29) is 5.97 Å². The summed E-state index contributed by atoms with van der Waals surface area (Å²) in [5.74, 6) is -0.361. The summed E-state index contributed by atoms with van der Waals surface area (Å²) in [6.45, 7) is 2.11. The van der Waals surface area contributed by atoms with Gasteiger partial charge in [0, 0.05) is 17.5 Å². The molecule has 0 aliphatic heterocycles. The van der Waals surface area contributed by atoms with Gasteiger partial charge in [-0.3, -0.25) is 4.98 Å².